The Balaban J connectivity index is 3.17. The molecule has 5 heteroatoms. The van der Waals surface area contributed by atoms with Crippen LogP contribution in [-0.2, 0) is 12.7 Å². The van der Waals surface area contributed by atoms with Crippen molar-refractivity contribution in [3.05, 3.63) is 46.6 Å². The van der Waals surface area contributed by atoms with Crippen molar-refractivity contribution < 1.29 is 17.6 Å². The molecule has 0 N–H and O–H groups in total. The Morgan fingerprint density at radius 3 is 2.43 bits per heavy atom. The Bertz CT molecular complexity index is 375. The topological polar surface area (TPSA) is 4.36 Å². The molecule has 0 aromatic heterocycles. The summed E-state index contributed by atoms with van der Waals surface area (Å²) in [5.41, 5.74) is -1.16. The van der Waals surface area contributed by atoms with Crippen molar-refractivity contribution in [2.45, 2.75) is 12.7 Å². The molecule has 0 bridgehead atoms. The largest absolute Gasteiger partial charge is 0.419 e. The zero-order valence-electron chi connectivity index (χ0n) is 6.90. The van der Waals surface area contributed by atoms with Gasteiger partial charge in [-0.15, -0.1) is 0 Å². The Kier molecular flexibility index (Phi) is 2.75. The first kappa shape index (κ1) is 10.5. The van der Waals surface area contributed by atoms with Crippen molar-refractivity contribution >= 4 is 0 Å². The fraction of sp³-hybridized carbons (Fsp3) is 0.222. The summed E-state index contributed by atoms with van der Waals surface area (Å²) in [6, 6.07) is 2.55. The first-order valence-corrected chi connectivity index (χ1v) is 3.64. The van der Waals surface area contributed by atoms with Gasteiger partial charge in [0.1, 0.15) is 5.82 Å². The molecule has 0 radical (unpaired) electrons. The molecule has 74 valence electrons. The molecule has 0 aliphatic heterocycles. The van der Waals surface area contributed by atoms with Gasteiger partial charge in [0.15, 0.2) is 0 Å². The molecule has 0 saturated carbocycles. The van der Waals surface area contributed by atoms with Gasteiger partial charge in [-0.25, -0.2) is 11.0 Å². The van der Waals surface area contributed by atoms with Crippen LogP contribution in [0.2, 0.25) is 0 Å². The minimum absolute atomic E-state index is 0.161. The smallest absolute Gasteiger partial charge is 0.312 e. The average Bonchev–Trinajstić information content (AvgIpc) is 2.07. The lowest BCUT2D eigenvalue weighted by Crippen LogP contribution is -2.08. The van der Waals surface area contributed by atoms with Crippen LogP contribution in [0, 0.1) is 12.4 Å². The molecule has 0 spiro atoms. The second-order valence-electron chi connectivity index (χ2n) is 2.63. The molecule has 0 fully saturated rings. The maximum absolute atomic E-state index is 12.7. The maximum atomic E-state index is 12.7. The van der Waals surface area contributed by atoms with E-state index in [4.69, 9.17) is 6.57 Å². The fourth-order valence-corrected chi connectivity index (χ4v) is 0.979. The van der Waals surface area contributed by atoms with Gasteiger partial charge in [0.2, 0.25) is 6.54 Å². The first-order valence-electron chi connectivity index (χ1n) is 3.64. The Morgan fingerprint density at radius 2 is 1.93 bits per heavy atom. The van der Waals surface area contributed by atoms with Gasteiger partial charge in [-0.2, -0.15) is 13.2 Å². The highest BCUT2D eigenvalue weighted by atomic mass is 19.4. The molecule has 0 unspecified atom stereocenters. The van der Waals surface area contributed by atoms with Crippen molar-refractivity contribution in [1.29, 1.82) is 0 Å². The van der Waals surface area contributed by atoms with E-state index in [1.165, 1.54) is 6.07 Å². The van der Waals surface area contributed by atoms with E-state index >= 15 is 0 Å². The van der Waals surface area contributed by atoms with Gasteiger partial charge < -0.3 is 4.85 Å². The van der Waals surface area contributed by atoms with Crippen LogP contribution in [0.3, 0.4) is 0 Å². The molecular weight excluding hydrogens is 198 g/mol. The molecular formula is C9H5F4N. The number of rotatable bonds is 1. The van der Waals surface area contributed by atoms with Gasteiger partial charge in [0.25, 0.3) is 0 Å². The second kappa shape index (κ2) is 3.66. The van der Waals surface area contributed by atoms with Crippen LogP contribution in [0.4, 0.5) is 17.6 Å². The van der Waals surface area contributed by atoms with E-state index in [2.05, 4.69) is 4.85 Å². The lowest BCUT2D eigenvalue weighted by atomic mass is 10.1. The minimum Gasteiger partial charge on any atom is -0.312 e. The molecule has 0 aliphatic carbocycles. The third kappa shape index (κ3) is 2.22. The summed E-state index contributed by atoms with van der Waals surface area (Å²) >= 11 is 0. The molecule has 1 aromatic carbocycles. The van der Waals surface area contributed by atoms with Crippen molar-refractivity contribution in [3.63, 3.8) is 0 Å². The van der Waals surface area contributed by atoms with E-state index in [9.17, 15) is 17.6 Å². The van der Waals surface area contributed by atoms with E-state index in [1.807, 2.05) is 0 Å². The van der Waals surface area contributed by atoms with Gasteiger partial charge in [-0.3, -0.25) is 0 Å². The third-order valence-corrected chi connectivity index (χ3v) is 1.60. The highest BCUT2D eigenvalue weighted by Gasteiger charge is 2.34. The van der Waals surface area contributed by atoms with Crippen molar-refractivity contribution in [1.82, 2.24) is 0 Å². The molecule has 0 atom stereocenters. The highest BCUT2D eigenvalue weighted by Crippen LogP contribution is 2.31. The quantitative estimate of drug-likeness (QED) is 0.487. The van der Waals surface area contributed by atoms with E-state index in [1.54, 1.807) is 0 Å². The first-order chi connectivity index (χ1) is 6.45. The molecule has 0 heterocycles. The molecule has 14 heavy (non-hydrogen) atoms. The van der Waals surface area contributed by atoms with Gasteiger partial charge in [0, 0.05) is 5.56 Å². The van der Waals surface area contributed by atoms with Crippen molar-refractivity contribution in [2.75, 3.05) is 0 Å². The van der Waals surface area contributed by atoms with E-state index < -0.39 is 17.6 Å². The minimum atomic E-state index is -4.71. The van der Waals surface area contributed by atoms with Crippen LogP contribution >= 0.6 is 0 Å². The van der Waals surface area contributed by atoms with Crippen LogP contribution in [0.5, 0.6) is 0 Å². The number of nitrogens with zero attached hydrogens (tertiary/aromatic N) is 1. The van der Waals surface area contributed by atoms with Gasteiger partial charge in [-0.1, -0.05) is 0 Å². The Labute approximate surface area is 77.8 Å². The predicted octanol–water partition coefficient (Wildman–Crippen LogP) is 3.26. The van der Waals surface area contributed by atoms with Crippen LogP contribution in [0.25, 0.3) is 4.85 Å². The summed E-state index contributed by atoms with van der Waals surface area (Å²) in [7, 11) is 0. The van der Waals surface area contributed by atoms with Crippen LogP contribution in [0.15, 0.2) is 18.2 Å². The van der Waals surface area contributed by atoms with Crippen LogP contribution in [-0.4, -0.2) is 0 Å². The fourth-order valence-electron chi connectivity index (χ4n) is 0.979. The molecule has 0 aliphatic rings. The molecule has 0 saturated heterocycles. The van der Waals surface area contributed by atoms with Gasteiger partial charge in [0.05, 0.1) is 5.56 Å². The Hall–Kier alpha value is -1.57. The lowest BCUT2D eigenvalue weighted by Gasteiger charge is -2.07. The number of alkyl halides is 3. The summed E-state index contributed by atoms with van der Waals surface area (Å²) in [5, 5.41) is 0. The van der Waals surface area contributed by atoms with Crippen molar-refractivity contribution in [3.8, 4) is 0 Å². The number of hydrogen-bond donors (Lipinski definition) is 0. The van der Waals surface area contributed by atoms with Gasteiger partial charge >= 0.3 is 6.18 Å². The molecule has 1 aromatic rings. The summed E-state index contributed by atoms with van der Waals surface area (Å²) in [5.74, 6) is -1.31. The predicted molar refractivity (Wildman–Crippen MR) is 41.7 cm³/mol. The van der Waals surface area contributed by atoms with Crippen LogP contribution in [0.1, 0.15) is 11.1 Å². The van der Waals surface area contributed by atoms with Gasteiger partial charge in [-0.05, 0) is 18.2 Å². The number of hydrogen-bond acceptors (Lipinski definition) is 0. The standard InChI is InChI=1S/C9H5F4N/c1-14-5-6-2-3-8(10)7(4-6)9(11,12)13/h2-4H,5H2. The Morgan fingerprint density at radius 1 is 1.29 bits per heavy atom. The summed E-state index contributed by atoms with van der Waals surface area (Å²) in [4.78, 5) is 2.92. The zero-order chi connectivity index (χ0) is 10.8. The summed E-state index contributed by atoms with van der Waals surface area (Å²) in [6.45, 7) is 6.29. The van der Waals surface area contributed by atoms with Crippen LogP contribution < -0.4 is 0 Å². The van der Waals surface area contributed by atoms with E-state index in [-0.39, 0.29) is 12.1 Å². The second-order valence-corrected chi connectivity index (χ2v) is 2.63. The third-order valence-electron chi connectivity index (χ3n) is 1.60. The molecule has 0 amide bonds. The summed E-state index contributed by atoms with van der Waals surface area (Å²) in [6.07, 6.45) is -4.71. The van der Waals surface area contributed by atoms with E-state index in [0.717, 1.165) is 6.07 Å². The lowest BCUT2D eigenvalue weighted by molar-refractivity contribution is -0.140. The van der Waals surface area contributed by atoms with E-state index in [0.29, 0.717) is 6.07 Å². The zero-order valence-corrected chi connectivity index (χ0v) is 6.90. The SMILES string of the molecule is [C-]#[N+]Cc1ccc(F)c(C(F)(F)F)c1. The number of benzene rings is 1. The molecule has 1 nitrogen and oxygen atoms in total. The normalized spacial score (nSPS) is 11.1. The highest BCUT2D eigenvalue weighted by molar-refractivity contribution is 5.27. The molecule has 1 rings (SSSR count). The average molecular weight is 203 g/mol. The number of halogens is 4. The monoisotopic (exact) mass is 203 g/mol. The summed E-state index contributed by atoms with van der Waals surface area (Å²) < 4.78 is 49.2. The van der Waals surface area contributed by atoms with Crippen molar-refractivity contribution in [2.24, 2.45) is 0 Å². The maximum Gasteiger partial charge on any atom is 0.419 e.